The Balaban J connectivity index is 1.29. The van der Waals surface area contributed by atoms with E-state index >= 15 is 0 Å². The van der Waals surface area contributed by atoms with Crippen molar-refractivity contribution in [2.45, 2.75) is 25.5 Å². The van der Waals surface area contributed by atoms with E-state index in [4.69, 9.17) is 9.47 Å². The van der Waals surface area contributed by atoms with Crippen LogP contribution in [0.15, 0.2) is 66.7 Å². The molecule has 3 aromatic rings. The number of para-hydroxylation sites is 2. The molecule has 158 valence electrons. The van der Waals surface area contributed by atoms with Crippen LogP contribution in [0.4, 0.5) is 5.69 Å². The Morgan fingerprint density at radius 1 is 1.06 bits per heavy atom. The molecule has 0 saturated heterocycles. The molecule has 7 heteroatoms. The standard InChI is InChI=1S/C24H22N2O5/c1-15(17-10-6-8-16-7-2-3-9-18(16)17)25-22(27)14-30-23(28)13-21-24(29)26-19-11-4-5-12-20(19)31-21/h2-12,15,21H,13-14H2,1H3,(H,25,27)(H,26,29)/t15-,21-/m0/s1. The van der Waals surface area contributed by atoms with Crippen molar-refractivity contribution < 1.29 is 23.9 Å². The van der Waals surface area contributed by atoms with Crippen LogP contribution < -0.4 is 15.4 Å². The quantitative estimate of drug-likeness (QED) is 0.599. The van der Waals surface area contributed by atoms with E-state index in [1.54, 1.807) is 24.3 Å². The van der Waals surface area contributed by atoms with Gasteiger partial charge in [-0.25, -0.2) is 0 Å². The molecule has 31 heavy (non-hydrogen) atoms. The summed E-state index contributed by atoms with van der Waals surface area (Å²) in [6.07, 6.45) is -1.29. The van der Waals surface area contributed by atoms with Crippen molar-refractivity contribution >= 4 is 34.2 Å². The fraction of sp³-hybridized carbons (Fsp3) is 0.208. The fourth-order valence-electron chi connectivity index (χ4n) is 3.57. The summed E-state index contributed by atoms with van der Waals surface area (Å²) in [6.45, 7) is 1.44. The van der Waals surface area contributed by atoms with E-state index in [1.165, 1.54) is 0 Å². The summed E-state index contributed by atoms with van der Waals surface area (Å²) in [6, 6.07) is 20.5. The number of carbonyl (C=O) groups excluding carboxylic acids is 3. The Morgan fingerprint density at radius 3 is 2.68 bits per heavy atom. The highest BCUT2D eigenvalue weighted by Crippen LogP contribution is 2.29. The molecule has 2 atom stereocenters. The van der Waals surface area contributed by atoms with Crippen molar-refractivity contribution in [3.8, 4) is 5.75 Å². The molecular weight excluding hydrogens is 396 g/mol. The topological polar surface area (TPSA) is 93.7 Å². The maximum atomic E-state index is 12.3. The van der Waals surface area contributed by atoms with Crippen LogP contribution in [0.3, 0.4) is 0 Å². The molecular formula is C24H22N2O5. The number of esters is 1. The van der Waals surface area contributed by atoms with Gasteiger partial charge in [0.05, 0.1) is 18.2 Å². The Bertz CT molecular complexity index is 1140. The SMILES string of the molecule is C[C@H](NC(=O)COC(=O)C[C@@H]1Oc2ccccc2NC1=O)c1cccc2ccccc12. The van der Waals surface area contributed by atoms with Gasteiger partial charge in [-0.05, 0) is 35.4 Å². The summed E-state index contributed by atoms with van der Waals surface area (Å²) in [5, 5.41) is 7.67. The largest absolute Gasteiger partial charge is 0.478 e. The second-order valence-electron chi connectivity index (χ2n) is 7.31. The molecule has 0 unspecified atom stereocenters. The summed E-state index contributed by atoms with van der Waals surface area (Å²) in [5.41, 5.74) is 1.53. The molecule has 7 nitrogen and oxygen atoms in total. The Labute approximate surface area is 179 Å². The molecule has 0 bridgehead atoms. The summed E-state index contributed by atoms with van der Waals surface area (Å²) in [7, 11) is 0. The maximum Gasteiger partial charge on any atom is 0.310 e. The molecule has 2 amide bonds. The van der Waals surface area contributed by atoms with E-state index in [1.807, 2.05) is 49.4 Å². The molecule has 0 spiro atoms. The molecule has 1 heterocycles. The normalized spacial score (nSPS) is 15.9. The number of carbonyl (C=O) groups is 3. The van der Waals surface area contributed by atoms with Crippen LogP contribution in [0.2, 0.25) is 0 Å². The van der Waals surface area contributed by atoms with Gasteiger partial charge in [0.25, 0.3) is 11.8 Å². The number of amides is 2. The molecule has 0 fully saturated rings. The van der Waals surface area contributed by atoms with Crippen molar-refractivity contribution in [2.24, 2.45) is 0 Å². The predicted octanol–water partition coefficient (Wildman–Crippen LogP) is 3.35. The van der Waals surface area contributed by atoms with Crippen LogP contribution in [0.1, 0.15) is 24.9 Å². The smallest absolute Gasteiger partial charge is 0.310 e. The minimum Gasteiger partial charge on any atom is -0.478 e. The lowest BCUT2D eigenvalue weighted by Crippen LogP contribution is -2.39. The van der Waals surface area contributed by atoms with E-state index in [0.717, 1.165) is 16.3 Å². The van der Waals surface area contributed by atoms with Crippen LogP contribution in [-0.2, 0) is 19.1 Å². The number of benzene rings is 3. The van der Waals surface area contributed by atoms with E-state index < -0.39 is 30.5 Å². The zero-order valence-electron chi connectivity index (χ0n) is 17.0. The second kappa shape index (κ2) is 8.87. The van der Waals surface area contributed by atoms with Gasteiger partial charge in [-0.2, -0.15) is 0 Å². The summed E-state index contributed by atoms with van der Waals surface area (Å²) < 4.78 is 10.6. The van der Waals surface area contributed by atoms with Crippen molar-refractivity contribution in [3.63, 3.8) is 0 Å². The van der Waals surface area contributed by atoms with Gasteiger partial charge < -0.3 is 20.1 Å². The number of hydrogen-bond acceptors (Lipinski definition) is 5. The zero-order valence-corrected chi connectivity index (χ0v) is 17.0. The summed E-state index contributed by atoms with van der Waals surface area (Å²) in [5.74, 6) is -1.05. The molecule has 0 saturated carbocycles. The van der Waals surface area contributed by atoms with Gasteiger partial charge in [0, 0.05) is 0 Å². The van der Waals surface area contributed by atoms with Crippen LogP contribution in [0, 0.1) is 0 Å². The lowest BCUT2D eigenvalue weighted by molar-refractivity contribution is -0.151. The number of hydrogen-bond donors (Lipinski definition) is 2. The minimum absolute atomic E-state index is 0.263. The lowest BCUT2D eigenvalue weighted by Gasteiger charge is -2.25. The number of fused-ring (bicyclic) bond motifs is 2. The third-order valence-electron chi connectivity index (χ3n) is 5.09. The van der Waals surface area contributed by atoms with E-state index in [0.29, 0.717) is 11.4 Å². The molecule has 3 aromatic carbocycles. The zero-order chi connectivity index (χ0) is 21.8. The highest BCUT2D eigenvalue weighted by atomic mass is 16.5. The van der Waals surface area contributed by atoms with Gasteiger partial charge in [0.15, 0.2) is 12.7 Å². The molecule has 1 aliphatic heterocycles. The number of rotatable bonds is 6. The van der Waals surface area contributed by atoms with Crippen LogP contribution in [-0.4, -0.2) is 30.5 Å². The molecule has 0 aromatic heterocycles. The minimum atomic E-state index is -1.000. The third kappa shape index (κ3) is 4.66. The first kappa shape index (κ1) is 20.4. The summed E-state index contributed by atoms with van der Waals surface area (Å²) in [4.78, 5) is 36.5. The van der Waals surface area contributed by atoms with Crippen molar-refractivity contribution in [1.82, 2.24) is 5.32 Å². The average Bonchev–Trinajstić information content (AvgIpc) is 2.77. The van der Waals surface area contributed by atoms with Crippen molar-refractivity contribution in [3.05, 3.63) is 72.3 Å². The van der Waals surface area contributed by atoms with Crippen molar-refractivity contribution in [2.75, 3.05) is 11.9 Å². The van der Waals surface area contributed by atoms with Crippen molar-refractivity contribution in [1.29, 1.82) is 0 Å². The molecule has 0 aliphatic carbocycles. The van der Waals surface area contributed by atoms with Gasteiger partial charge in [-0.15, -0.1) is 0 Å². The lowest BCUT2D eigenvalue weighted by atomic mass is 10.00. The van der Waals surface area contributed by atoms with E-state index in [2.05, 4.69) is 10.6 Å². The third-order valence-corrected chi connectivity index (χ3v) is 5.09. The van der Waals surface area contributed by atoms with Gasteiger partial charge in [-0.3, -0.25) is 14.4 Å². The average molecular weight is 418 g/mol. The van der Waals surface area contributed by atoms with E-state index in [-0.39, 0.29) is 12.5 Å². The van der Waals surface area contributed by atoms with Gasteiger partial charge in [0.2, 0.25) is 0 Å². The highest BCUT2D eigenvalue weighted by molar-refractivity contribution is 5.99. The Hall–Kier alpha value is -3.87. The number of nitrogens with one attached hydrogen (secondary N) is 2. The first-order valence-electron chi connectivity index (χ1n) is 10.0. The first-order chi connectivity index (χ1) is 15.0. The second-order valence-corrected chi connectivity index (χ2v) is 7.31. The molecule has 1 aliphatic rings. The molecule has 4 rings (SSSR count). The Kier molecular flexibility index (Phi) is 5.84. The summed E-state index contributed by atoms with van der Waals surface area (Å²) >= 11 is 0. The molecule has 0 radical (unpaired) electrons. The van der Waals surface area contributed by atoms with Gasteiger partial charge in [0.1, 0.15) is 5.75 Å². The fourth-order valence-corrected chi connectivity index (χ4v) is 3.57. The Morgan fingerprint density at radius 2 is 1.81 bits per heavy atom. The predicted molar refractivity (Wildman–Crippen MR) is 116 cm³/mol. The maximum absolute atomic E-state index is 12.3. The van der Waals surface area contributed by atoms with Crippen LogP contribution >= 0.6 is 0 Å². The first-order valence-corrected chi connectivity index (χ1v) is 10.0. The number of anilines is 1. The van der Waals surface area contributed by atoms with Crippen LogP contribution in [0.5, 0.6) is 5.75 Å². The monoisotopic (exact) mass is 418 g/mol. The van der Waals surface area contributed by atoms with E-state index in [9.17, 15) is 14.4 Å². The van der Waals surface area contributed by atoms with Gasteiger partial charge >= 0.3 is 5.97 Å². The number of ether oxygens (including phenoxy) is 2. The highest BCUT2D eigenvalue weighted by Gasteiger charge is 2.30. The molecule has 2 N–H and O–H groups in total. The van der Waals surface area contributed by atoms with Crippen LogP contribution in [0.25, 0.3) is 10.8 Å². The van der Waals surface area contributed by atoms with Gasteiger partial charge in [-0.1, -0.05) is 54.6 Å².